The quantitative estimate of drug-likeness (QED) is 0.438. The fourth-order valence-electron chi connectivity index (χ4n) is 1.90. The molecule has 0 heterocycles. The van der Waals surface area contributed by atoms with Gasteiger partial charge in [0.05, 0.1) is 12.8 Å². The minimum atomic E-state index is -0.986. The lowest BCUT2D eigenvalue weighted by atomic mass is 10.1. The Bertz CT molecular complexity index is 466. The Hall–Kier alpha value is -1.84. The summed E-state index contributed by atoms with van der Waals surface area (Å²) in [5.74, 6) is -1.45. The van der Waals surface area contributed by atoms with Crippen LogP contribution in [0.4, 0.5) is 0 Å². The molecule has 0 aliphatic heterocycles. The van der Waals surface area contributed by atoms with Crippen molar-refractivity contribution in [3.05, 3.63) is 34.9 Å². The van der Waals surface area contributed by atoms with E-state index in [4.69, 9.17) is 9.84 Å². The average molecular weight is 322 g/mol. The number of carbonyl (C=O) groups excluding carboxylic acids is 1. The van der Waals surface area contributed by atoms with Gasteiger partial charge in [0, 0.05) is 0 Å². The van der Waals surface area contributed by atoms with Gasteiger partial charge in [-0.25, -0.2) is 0 Å². The van der Waals surface area contributed by atoms with Crippen LogP contribution in [0.1, 0.15) is 66.2 Å². The molecule has 0 aromatic rings. The monoisotopic (exact) mass is 322 g/mol. The highest BCUT2D eigenvalue weighted by atomic mass is 16.5. The van der Waals surface area contributed by atoms with Crippen LogP contribution in [0.25, 0.3) is 0 Å². The van der Waals surface area contributed by atoms with E-state index in [1.54, 1.807) is 0 Å². The molecule has 0 aromatic heterocycles. The van der Waals surface area contributed by atoms with Crippen molar-refractivity contribution >= 4 is 11.9 Å². The Morgan fingerprint density at radius 2 is 1.39 bits per heavy atom. The number of hydrogen-bond donors (Lipinski definition) is 1. The molecular weight excluding hydrogens is 292 g/mol. The molecule has 0 fully saturated rings. The number of rotatable bonds is 11. The SMILES string of the molecule is CC(C)=CCCC(C)=CCCC(C)=CCOC(=O)CCC(=O)O. The summed E-state index contributed by atoms with van der Waals surface area (Å²) in [6, 6.07) is 0. The summed E-state index contributed by atoms with van der Waals surface area (Å²) in [6.07, 6.45) is 10.2. The first kappa shape index (κ1) is 21.2. The van der Waals surface area contributed by atoms with Gasteiger partial charge in [-0.3, -0.25) is 9.59 Å². The fraction of sp³-hybridized carbons (Fsp3) is 0.579. The molecule has 4 nitrogen and oxygen atoms in total. The first-order chi connectivity index (χ1) is 10.8. The molecule has 0 bridgehead atoms. The average Bonchev–Trinajstić information content (AvgIpc) is 2.44. The minimum Gasteiger partial charge on any atom is -0.481 e. The maximum atomic E-state index is 11.3. The van der Waals surface area contributed by atoms with Gasteiger partial charge in [-0.2, -0.15) is 0 Å². The summed E-state index contributed by atoms with van der Waals surface area (Å²) < 4.78 is 4.97. The van der Waals surface area contributed by atoms with Crippen LogP contribution < -0.4 is 0 Å². The van der Waals surface area contributed by atoms with Gasteiger partial charge in [0.1, 0.15) is 6.61 Å². The second kappa shape index (κ2) is 12.7. The van der Waals surface area contributed by atoms with Crippen molar-refractivity contribution in [2.45, 2.75) is 66.2 Å². The van der Waals surface area contributed by atoms with Crippen molar-refractivity contribution in [3.63, 3.8) is 0 Å². The van der Waals surface area contributed by atoms with Gasteiger partial charge in [0.15, 0.2) is 0 Å². The summed E-state index contributed by atoms with van der Waals surface area (Å²) >= 11 is 0. The lowest BCUT2D eigenvalue weighted by Crippen LogP contribution is -2.07. The van der Waals surface area contributed by atoms with Crippen molar-refractivity contribution in [1.82, 2.24) is 0 Å². The van der Waals surface area contributed by atoms with E-state index in [1.165, 1.54) is 16.7 Å². The number of aliphatic carboxylic acids is 1. The van der Waals surface area contributed by atoms with Gasteiger partial charge in [-0.05, 0) is 59.5 Å². The summed E-state index contributed by atoms with van der Waals surface area (Å²) in [7, 11) is 0. The molecule has 0 aliphatic rings. The predicted octanol–water partition coefficient (Wildman–Crippen LogP) is 4.81. The molecule has 0 saturated heterocycles. The smallest absolute Gasteiger partial charge is 0.306 e. The molecule has 0 aromatic carbocycles. The van der Waals surface area contributed by atoms with Gasteiger partial charge in [0.25, 0.3) is 0 Å². The predicted molar refractivity (Wildman–Crippen MR) is 93.2 cm³/mol. The number of carbonyl (C=O) groups is 2. The number of carboxylic acids is 1. The van der Waals surface area contributed by atoms with Crippen LogP contribution in [0.15, 0.2) is 34.9 Å². The number of hydrogen-bond acceptors (Lipinski definition) is 3. The van der Waals surface area contributed by atoms with E-state index in [9.17, 15) is 9.59 Å². The van der Waals surface area contributed by atoms with Crippen LogP contribution >= 0.6 is 0 Å². The molecular formula is C19H30O4. The third-order valence-corrected chi connectivity index (χ3v) is 3.34. The lowest BCUT2D eigenvalue weighted by Gasteiger charge is -2.03. The van der Waals surface area contributed by atoms with Crippen LogP contribution in [-0.4, -0.2) is 23.7 Å². The largest absolute Gasteiger partial charge is 0.481 e. The lowest BCUT2D eigenvalue weighted by molar-refractivity contribution is -0.146. The van der Waals surface area contributed by atoms with Gasteiger partial charge in [-0.1, -0.05) is 28.9 Å². The molecule has 130 valence electrons. The molecule has 0 spiro atoms. The number of allylic oxidation sites excluding steroid dienone is 5. The molecule has 23 heavy (non-hydrogen) atoms. The van der Waals surface area contributed by atoms with Gasteiger partial charge in [-0.15, -0.1) is 0 Å². The van der Waals surface area contributed by atoms with E-state index in [1.807, 2.05) is 13.0 Å². The number of ether oxygens (including phenoxy) is 1. The van der Waals surface area contributed by atoms with Crippen molar-refractivity contribution in [3.8, 4) is 0 Å². The van der Waals surface area contributed by atoms with Gasteiger partial charge < -0.3 is 9.84 Å². The number of carboxylic acid groups (broad SMARTS) is 1. The van der Waals surface area contributed by atoms with Crippen LogP contribution in [0.2, 0.25) is 0 Å². The van der Waals surface area contributed by atoms with E-state index in [0.717, 1.165) is 25.7 Å². The minimum absolute atomic E-state index is 0.0736. The Morgan fingerprint density at radius 3 is 1.96 bits per heavy atom. The molecule has 0 saturated carbocycles. The third kappa shape index (κ3) is 14.8. The van der Waals surface area contributed by atoms with Crippen molar-refractivity contribution in [2.24, 2.45) is 0 Å². The second-order valence-electron chi connectivity index (χ2n) is 6.04. The van der Waals surface area contributed by atoms with E-state index in [2.05, 4.69) is 32.9 Å². The highest BCUT2D eigenvalue weighted by Crippen LogP contribution is 2.11. The van der Waals surface area contributed by atoms with E-state index >= 15 is 0 Å². The van der Waals surface area contributed by atoms with E-state index in [-0.39, 0.29) is 19.4 Å². The van der Waals surface area contributed by atoms with Crippen molar-refractivity contribution in [2.75, 3.05) is 6.61 Å². The van der Waals surface area contributed by atoms with Gasteiger partial charge in [0.2, 0.25) is 0 Å². The molecule has 0 amide bonds. The molecule has 0 aliphatic carbocycles. The fourth-order valence-corrected chi connectivity index (χ4v) is 1.90. The molecule has 0 unspecified atom stereocenters. The highest BCUT2D eigenvalue weighted by molar-refractivity contribution is 5.76. The molecule has 0 radical (unpaired) electrons. The van der Waals surface area contributed by atoms with Crippen LogP contribution in [-0.2, 0) is 14.3 Å². The Labute approximate surface area is 139 Å². The van der Waals surface area contributed by atoms with Crippen molar-refractivity contribution in [1.29, 1.82) is 0 Å². The Balaban J connectivity index is 3.91. The summed E-state index contributed by atoms with van der Waals surface area (Å²) in [5, 5.41) is 8.47. The zero-order valence-electron chi connectivity index (χ0n) is 14.9. The zero-order chi connectivity index (χ0) is 17.7. The first-order valence-electron chi connectivity index (χ1n) is 8.13. The van der Waals surface area contributed by atoms with Crippen LogP contribution in [0, 0.1) is 0 Å². The van der Waals surface area contributed by atoms with E-state index < -0.39 is 11.9 Å². The zero-order valence-corrected chi connectivity index (χ0v) is 14.9. The summed E-state index contributed by atoms with van der Waals surface area (Å²) in [6.45, 7) is 8.61. The first-order valence-corrected chi connectivity index (χ1v) is 8.13. The molecule has 1 N–H and O–H groups in total. The molecule has 4 heteroatoms. The Morgan fingerprint density at radius 1 is 0.826 bits per heavy atom. The van der Waals surface area contributed by atoms with Crippen LogP contribution in [0.3, 0.4) is 0 Å². The number of esters is 1. The third-order valence-electron chi connectivity index (χ3n) is 3.34. The molecule has 0 atom stereocenters. The standard InChI is InChI=1S/C19H30O4/c1-15(2)7-5-8-16(3)9-6-10-17(4)13-14-23-19(22)12-11-18(20)21/h7,9,13H,5-6,8,10-12,14H2,1-4H3,(H,20,21). The molecule has 0 rings (SSSR count). The topological polar surface area (TPSA) is 63.6 Å². The van der Waals surface area contributed by atoms with E-state index in [0.29, 0.717) is 0 Å². The maximum absolute atomic E-state index is 11.3. The van der Waals surface area contributed by atoms with Gasteiger partial charge >= 0.3 is 11.9 Å². The Kier molecular flexibility index (Phi) is 11.7. The highest BCUT2D eigenvalue weighted by Gasteiger charge is 2.05. The normalized spacial score (nSPS) is 12.0. The van der Waals surface area contributed by atoms with Crippen LogP contribution in [0.5, 0.6) is 0 Å². The summed E-state index contributed by atoms with van der Waals surface area (Å²) in [4.78, 5) is 21.6. The second-order valence-corrected chi connectivity index (χ2v) is 6.04. The maximum Gasteiger partial charge on any atom is 0.306 e. The van der Waals surface area contributed by atoms with Crippen molar-refractivity contribution < 1.29 is 19.4 Å². The summed E-state index contributed by atoms with van der Waals surface area (Å²) in [5.41, 5.74) is 3.93.